The van der Waals surface area contributed by atoms with Crippen molar-refractivity contribution >= 4 is 23.5 Å². The van der Waals surface area contributed by atoms with E-state index in [1.807, 2.05) is 0 Å². The van der Waals surface area contributed by atoms with Gasteiger partial charge in [0.2, 0.25) is 11.8 Å². The van der Waals surface area contributed by atoms with E-state index < -0.39 is 12.0 Å². The third-order valence-electron chi connectivity index (χ3n) is 4.22. The van der Waals surface area contributed by atoms with Crippen molar-refractivity contribution in [3.8, 4) is 0 Å². The van der Waals surface area contributed by atoms with Crippen LogP contribution in [0.1, 0.15) is 48.5 Å². The average Bonchev–Trinajstić information content (AvgIpc) is 3.03. The molecule has 1 aliphatic rings. The van der Waals surface area contributed by atoms with Gasteiger partial charge < -0.3 is 15.7 Å². The Kier molecular flexibility index (Phi) is 5.36. The number of amides is 2. The predicted molar refractivity (Wildman–Crippen MR) is 86.3 cm³/mol. The summed E-state index contributed by atoms with van der Waals surface area (Å²) < 4.78 is 0. The Morgan fingerprint density at radius 1 is 1.22 bits per heavy atom. The van der Waals surface area contributed by atoms with E-state index in [0.29, 0.717) is 5.69 Å². The van der Waals surface area contributed by atoms with Crippen molar-refractivity contribution in [2.75, 3.05) is 5.32 Å². The number of benzene rings is 1. The lowest BCUT2D eigenvalue weighted by Gasteiger charge is -2.17. The molecule has 6 heteroatoms. The molecule has 124 valence electrons. The number of aryl methyl sites for hydroxylation is 1. The highest BCUT2D eigenvalue weighted by atomic mass is 16.4. The first-order chi connectivity index (χ1) is 10.9. The highest BCUT2D eigenvalue weighted by Gasteiger charge is 2.25. The number of nitrogens with one attached hydrogen (secondary N) is 2. The molecule has 0 bridgehead atoms. The number of anilines is 1. The number of carboxylic acids is 1. The molecule has 0 radical (unpaired) electrons. The third-order valence-corrected chi connectivity index (χ3v) is 4.22. The second-order valence-corrected chi connectivity index (χ2v) is 6.04. The quantitative estimate of drug-likeness (QED) is 0.776. The molecule has 0 spiro atoms. The molecule has 0 saturated heterocycles. The second kappa shape index (κ2) is 7.26. The summed E-state index contributed by atoms with van der Waals surface area (Å²) in [5.74, 6) is -1.49. The molecular weight excluding hydrogens is 296 g/mol. The van der Waals surface area contributed by atoms with Crippen LogP contribution in [0.25, 0.3) is 0 Å². The molecule has 1 saturated carbocycles. The van der Waals surface area contributed by atoms with Gasteiger partial charge in [-0.15, -0.1) is 0 Å². The Bertz CT molecular complexity index is 621. The van der Waals surface area contributed by atoms with Gasteiger partial charge in [0.25, 0.3) is 0 Å². The summed E-state index contributed by atoms with van der Waals surface area (Å²) in [6.07, 6.45) is 3.86. The molecule has 2 amide bonds. The smallest absolute Gasteiger partial charge is 0.335 e. The molecule has 6 nitrogen and oxygen atoms in total. The van der Waals surface area contributed by atoms with Crippen molar-refractivity contribution in [1.82, 2.24) is 5.32 Å². The molecule has 1 aromatic carbocycles. The first kappa shape index (κ1) is 17.0. The normalized spacial score (nSPS) is 15.9. The monoisotopic (exact) mass is 318 g/mol. The van der Waals surface area contributed by atoms with Crippen LogP contribution in [0.2, 0.25) is 0 Å². The minimum absolute atomic E-state index is 0.00215. The molecular formula is C17H22N2O4. The molecule has 1 unspecified atom stereocenters. The van der Waals surface area contributed by atoms with Crippen LogP contribution in [0.3, 0.4) is 0 Å². The van der Waals surface area contributed by atoms with Crippen LogP contribution in [0, 0.1) is 12.8 Å². The summed E-state index contributed by atoms with van der Waals surface area (Å²) in [6, 6.07) is 3.87. The number of carboxylic acid groups (broad SMARTS) is 1. The van der Waals surface area contributed by atoms with Gasteiger partial charge in [-0.2, -0.15) is 0 Å². The number of hydrogen-bond donors (Lipinski definition) is 3. The van der Waals surface area contributed by atoms with Crippen LogP contribution in [-0.4, -0.2) is 28.9 Å². The van der Waals surface area contributed by atoms with Crippen LogP contribution < -0.4 is 10.6 Å². The van der Waals surface area contributed by atoms with Gasteiger partial charge in [0, 0.05) is 11.6 Å². The lowest BCUT2D eigenvalue weighted by molar-refractivity contribution is -0.128. The van der Waals surface area contributed by atoms with Gasteiger partial charge >= 0.3 is 5.97 Å². The third kappa shape index (κ3) is 4.31. The van der Waals surface area contributed by atoms with Crippen molar-refractivity contribution < 1.29 is 19.5 Å². The van der Waals surface area contributed by atoms with E-state index in [2.05, 4.69) is 10.6 Å². The summed E-state index contributed by atoms with van der Waals surface area (Å²) in [6.45, 7) is 3.40. The minimum atomic E-state index is -1.05. The molecule has 1 aliphatic carbocycles. The van der Waals surface area contributed by atoms with Gasteiger partial charge in [-0.05, 0) is 44.4 Å². The largest absolute Gasteiger partial charge is 0.478 e. The van der Waals surface area contributed by atoms with Gasteiger partial charge in [0.05, 0.1) is 5.56 Å². The van der Waals surface area contributed by atoms with Gasteiger partial charge in [0.1, 0.15) is 6.04 Å². The summed E-state index contributed by atoms with van der Waals surface area (Å²) in [5.41, 5.74) is 1.31. The van der Waals surface area contributed by atoms with E-state index in [9.17, 15) is 14.4 Å². The van der Waals surface area contributed by atoms with E-state index >= 15 is 0 Å². The first-order valence-electron chi connectivity index (χ1n) is 7.83. The van der Waals surface area contributed by atoms with Crippen LogP contribution in [0.15, 0.2) is 18.2 Å². The summed E-state index contributed by atoms with van der Waals surface area (Å²) in [4.78, 5) is 35.3. The zero-order valence-electron chi connectivity index (χ0n) is 13.4. The zero-order valence-corrected chi connectivity index (χ0v) is 13.4. The Morgan fingerprint density at radius 3 is 2.48 bits per heavy atom. The fraction of sp³-hybridized carbons (Fsp3) is 0.471. The van der Waals surface area contributed by atoms with Crippen molar-refractivity contribution in [3.05, 3.63) is 29.3 Å². The predicted octanol–water partition coefficient (Wildman–Crippen LogP) is 2.33. The van der Waals surface area contributed by atoms with Gasteiger partial charge in [-0.3, -0.25) is 9.59 Å². The van der Waals surface area contributed by atoms with Gasteiger partial charge in [0.15, 0.2) is 0 Å². The summed E-state index contributed by atoms with van der Waals surface area (Å²) in [7, 11) is 0. The fourth-order valence-electron chi connectivity index (χ4n) is 2.72. The van der Waals surface area contributed by atoms with Crippen LogP contribution in [0.4, 0.5) is 5.69 Å². The Hall–Kier alpha value is -2.37. The minimum Gasteiger partial charge on any atom is -0.478 e. The summed E-state index contributed by atoms with van der Waals surface area (Å²) in [5, 5.41) is 14.4. The lowest BCUT2D eigenvalue weighted by atomic mass is 10.1. The van der Waals surface area contributed by atoms with Crippen LogP contribution in [0.5, 0.6) is 0 Å². The van der Waals surface area contributed by atoms with E-state index in [1.54, 1.807) is 19.9 Å². The highest BCUT2D eigenvalue weighted by molar-refractivity contribution is 5.99. The van der Waals surface area contributed by atoms with E-state index in [1.165, 1.54) is 12.1 Å². The maximum atomic E-state index is 12.2. The number of rotatable bonds is 5. The molecule has 1 atom stereocenters. The molecule has 3 N–H and O–H groups in total. The average molecular weight is 318 g/mol. The molecule has 1 fully saturated rings. The Labute approximate surface area is 135 Å². The Morgan fingerprint density at radius 2 is 1.87 bits per heavy atom. The van der Waals surface area contributed by atoms with E-state index in [0.717, 1.165) is 31.2 Å². The number of carbonyl (C=O) groups is 3. The number of aromatic carboxylic acids is 1. The number of carbonyl (C=O) groups excluding carboxylic acids is 2. The molecule has 23 heavy (non-hydrogen) atoms. The van der Waals surface area contributed by atoms with Crippen molar-refractivity contribution in [1.29, 1.82) is 0 Å². The maximum absolute atomic E-state index is 12.2. The summed E-state index contributed by atoms with van der Waals surface area (Å²) >= 11 is 0. The number of hydrogen-bond acceptors (Lipinski definition) is 3. The van der Waals surface area contributed by atoms with E-state index in [-0.39, 0.29) is 23.3 Å². The van der Waals surface area contributed by atoms with E-state index in [4.69, 9.17) is 5.11 Å². The topological polar surface area (TPSA) is 95.5 Å². The Balaban J connectivity index is 1.99. The standard InChI is InChI=1S/C17H22N2O4/c1-10-7-8-13(17(22)23)9-14(10)19-15(20)11(2)18-16(21)12-5-3-4-6-12/h7-9,11-12H,3-6H2,1-2H3,(H,18,21)(H,19,20)(H,22,23). The molecule has 0 aromatic heterocycles. The molecule has 2 rings (SSSR count). The molecule has 0 heterocycles. The second-order valence-electron chi connectivity index (χ2n) is 6.04. The molecule has 1 aromatic rings. The fourth-order valence-corrected chi connectivity index (χ4v) is 2.72. The van der Waals surface area contributed by atoms with Crippen LogP contribution in [-0.2, 0) is 9.59 Å². The van der Waals surface area contributed by atoms with Crippen molar-refractivity contribution in [2.24, 2.45) is 5.92 Å². The zero-order chi connectivity index (χ0) is 17.0. The maximum Gasteiger partial charge on any atom is 0.335 e. The SMILES string of the molecule is Cc1ccc(C(=O)O)cc1NC(=O)C(C)NC(=O)C1CCCC1. The first-order valence-corrected chi connectivity index (χ1v) is 7.83. The lowest BCUT2D eigenvalue weighted by Crippen LogP contribution is -2.43. The van der Waals surface area contributed by atoms with Crippen LogP contribution >= 0.6 is 0 Å². The highest BCUT2D eigenvalue weighted by Crippen LogP contribution is 2.24. The van der Waals surface area contributed by atoms with Gasteiger partial charge in [-0.25, -0.2) is 4.79 Å². The van der Waals surface area contributed by atoms with Crippen molar-refractivity contribution in [3.63, 3.8) is 0 Å². The van der Waals surface area contributed by atoms with Gasteiger partial charge in [-0.1, -0.05) is 18.9 Å². The molecule has 0 aliphatic heterocycles. The van der Waals surface area contributed by atoms with Crippen molar-refractivity contribution in [2.45, 2.75) is 45.6 Å².